The number of rotatable bonds is 3. The van der Waals surface area contributed by atoms with Crippen LogP contribution in [0.5, 0.6) is 0 Å². The summed E-state index contributed by atoms with van der Waals surface area (Å²) in [6.07, 6.45) is 0.664. The summed E-state index contributed by atoms with van der Waals surface area (Å²) in [4.78, 5) is 10.6. The lowest BCUT2D eigenvalue weighted by Gasteiger charge is -2.06. The van der Waals surface area contributed by atoms with E-state index in [2.05, 4.69) is 0 Å². The van der Waals surface area contributed by atoms with Crippen LogP contribution in [0.1, 0.15) is 34.1 Å². The Labute approximate surface area is 67.9 Å². The van der Waals surface area contributed by atoms with E-state index in [9.17, 15) is 4.79 Å². The summed E-state index contributed by atoms with van der Waals surface area (Å²) in [5.41, 5.74) is 1.46. The maximum Gasteiger partial charge on any atom is 0.331 e. The molecule has 0 unspecified atom stereocenters. The Morgan fingerprint density at radius 3 is 1.91 bits per heavy atom. The standard InChI is InChI=1S/C9H16O2/c1-6(2)5-8(7(3)4)9(10)11/h6H,5H2,1-4H3,(H,10,11). The molecular weight excluding hydrogens is 140 g/mol. The minimum absolute atomic E-state index is 0.413. The number of carbonyl (C=O) groups is 1. The number of hydrogen-bond donors (Lipinski definition) is 1. The van der Waals surface area contributed by atoms with Gasteiger partial charge < -0.3 is 5.11 Å². The highest BCUT2D eigenvalue weighted by atomic mass is 16.4. The Bertz CT molecular complexity index is 174. The fraction of sp³-hybridized carbons (Fsp3) is 0.667. The first-order valence-corrected chi connectivity index (χ1v) is 3.84. The second-order valence-electron chi connectivity index (χ2n) is 3.38. The van der Waals surface area contributed by atoms with E-state index in [1.165, 1.54) is 0 Å². The quantitative estimate of drug-likeness (QED) is 0.637. The van der Waals surface area contributed by atoms with Crippen molar-refractivity contribution in [1.29, 1.82) is 0 Å². The van der Waals surface area contributed by atoms with E-state index >= 15 is 0 Å². The third-order valence-electron chi connectivity index (χ3n) is 1.47. The van der Waals surface area contributed by atoms with Gasteiger partial charge in [0.15, 0.2) is 0 Å². The molecule has 11 heavy (non-hydrogen) atoms. The first kappa shape index (κ1) is 10.2. The largest absolute Gasteiger partial charge is 0.478 e. The predicted molar refractivity (Wildman–Crippen MR) is 45.5 cm³/mol. The molecule has 0 atom stereocenters. The Kier molecular flexibility index (Phi) is 3.86. The summed E-state index contributed by atoms with van der Waals surface area (Å²) >= 11 is 0. The van der Waals surface area contributed by atoms with Crippen LogP contribution < -0.4 is 0 Å². The van der Waals surface area contributed by atoms with Crippen molar-refractivity contribution in [2.75, 3.05) is 0 Å². The highest BCUT2D eigenvalue weighted by molar-refractivity contribution is 5.87. The average Bonchev–Trinajstić information content (AvgIpc) is 1.81. The number of aliphatic carboxylic acids is 1. The summed E-state index contributed by atoms with van der Waals surface area (Å²) in [6, 6.07) is 0. The van der Waals surface area contributed by atoms with Gasteiger partial charge in [-0.3, -0.25) is 0 Å². The van der Waals surface area contributed by atoms with Crippen LogP contribution in [0.2, 0.25) is 0 Å². The monoisotopic (exact) mass is 156 g/mol. The zero-order valence-corrected chi connectivity index (χ0v) is 7.64. The molecule has 0 fully saturated rings. The van der Waals surface area contributed by atoms with Crippen LogP contribution in [-0.2, 0) is 4.79 Å². The van der Waals surface area contributed by atoms with Gasteiger partial charge in [0.2, 0.25) is 0 Å². The molecule has 0 saturated heterocycles. The van der Waals surface area contributed by atoms with Crippen molar-refractivity contribution in [3.05, 3.63) is 11.1 Å². The van der Waals surface area contributed by atoms with E-state index in [0.717, 1.165) is 5.57 Å². The van der Waals surface area contributed by atoms with Crippen molar-refractivity contribution >= 4 is 5.97 Å². The molecule has 0 aromatic carbocycles. The normalized spacial score (nSPS) is 9.91. The number of hydrogen-bond acceptors (Lipinski definition) is 1. The fourth-order valence-corrected chi connectivity index (χ4v) is 0.914. The number of carboxylic acids is 1. The van der Waals surface area contributed by atoms with E-state index in [-0.39, 0.29) is 0 Å². The van der Waals surface area contributed by atoms with Crippen molar-refractivity contribution in [3.8, 4) is 0 Å². The molecular formula is C9H16O2. The highest BCUT2D eigenvalue weighted by Gasteiger charge is 2.10. The van der Waals surface area contributed by atoms with Crippen LogP contribution in [-0.4, -0.2) is 11.1 Å². The van der Waals surface area contributed by atoms with Crippen molar-refractivity contribution in [3.63, 3.8) is 0 Å². The molecule has 2 heteroatoms. The summed E-state index contributed by atoms with van der Waals surface area (Å²) < 4.78 is 0. The summed E-state index contributed by atoms with van der Waals surface area (Å²) in [7, 11) is 0. The predicted octanol–water partition coefficient (Wildman–Crippen LogP) is 2.45. The number of allylic oxidation sites excluding steroid dienone is 1. The van der Waals surface area contributed by atoms with E-state index in [1.54, 1.807) is 0 Å². The molecule has 0 radical (unpaired) electrons. The van der Waals surface area contributed by atoms with Crippen LogP contribution in [0, 0.1) is 5.92 Å². The molecule has 64 valence electrons. The van der Waals surface area contributed by atoms with Gasteiger partial charge in [-0.25, -0.2) is 4.79 Å². The van der Waals surface area contributed by atoms with Crippen LogP contribution >= 0.6 is 0 Å². The molecule has 0 aromatic rings. The van der Waals surface area contributed by atoms with Gasteiger partial charge in [0, 0.05) is 5.57 Å². The molecule has 0 aliphatic heterocycles. The molecule has 0 bridgehead atoms. The van der Waals surface area contributed by atoms with Crippen molar-refractivity contribution in [2.45, 2.75) is 34.1 Å². The zero-order chi connectivity index (χ0) is 9.02. The van der Waals surface area contributed by atoms with Gasteiger partial charge in [0.05, 0.1) is 0 Å². The van der Waals surface area contributed by atoms with Gasteiger partial charge in [-0.15, -0.1) is 0 Å². The van der Waals surface area contributed by atoms with E-state index in [1.807, 2.05) is 27.7 Å². The lowest BCUT2D eigenvalue weighted by Crippen LogP contribution is -2.05. The van der Waals surface area contributed by atoms with Crippen molar-refractivity contribution in [2.24, 2.45) is 5.92 Å². The van der Waals surface area contributed by atoms with Gasteiger partial charge in [0.25, 0.3) is 0 Å². The van der Waals surface area contributed by atoms with Gasteiger partial charge in [-0.05, 0) is 26.2 Å². The molecule has 0 heterocycles. The molecule has 1 N–H and O–H groups in total. The van der Waals surface area contributed by atoms with Crippen LogP contribution in [0.3, 0.4) is 0 Å². The van der Waals surface area contributed by atoms with Crippen LogP contribution in [0.15, 0.2) is 11.1 Å². The zero-order valence-electron chi connectivity index (χ0n) is 7.64. The van der Waals surface area contributed by atoms with Gasteiger partial charge in [0.1, 0.15) is 0 Å². The van der Waals surface area contributed by atoms with Crippen molar-refractivity contribution < 1.29 is 9.90 Å². The molecule has 2 nitrogen and oxygen atoms in total. The molecule has 0 aliphatic carbocycles. The van der Waals surface area contributed by atoms with E-state index in [0.29, 0.717) is 17.9 Å². The van der Waals surface area contributed by atoms with E-state index in [4.69, 9.17) is 5.11 Å². The minimum Gasteiger partial charge on any atom is -0.478 e. The van der Waals surface area contributed by atoms with Crippen LogP contribution in [0.25, 0.3) is 0 Å². The Hall–Kier alpha value is -0.790. The van der Waals surface area contributed by atoms with Gasteiger partial charge in [-0.1, -0.05) is 19.4 Å². The Morgan fingerprint density at radius 1 is 1.36 bits per heavy atom. The topological polar surface area (TPSA) is 37.3 Å². The summed E-state index contributed by atoms with van der Waals surface area (Å²) in [6.45, 7) is 7.72. The first-order chi connectivity index (χ1) is 4.95. The van der Waals surface area contributed by atoms with Crippen LogP contribution in [0.4, 0.5) is 0 Å². The molecule has 0 aliphatic rings. The molecule has 0 spiro atoms. The lowest BCUT2D eigenvalue weighted by atomic mass is 10.00. The molecule has 0 saturated carbocycles. The fourth-order valence-electron chi connectivity index (χ4n) is 0.914. The SMILES string of the molecule is CC(C)=C(CC(C)C)C(=O)O. The van der Waals surface area contributed by atoms with Gasteiger partial charge >= 0.3 is 5.97 Å². The Balaban J connectivity index is 4.39. The maximum absolute atomic E-state index is 10.6. The average molecular weight is 156 g/mol. The summed E-state index contributed by atoms with van der Waals surface area (Å²) in [5.74, 6) is -0.366. The van der Waals surface area contributed by atoms with Gasteiger partial charge in [-0.2, -0.15) is 0 Å². The van der Waals surface area contributed by atoms with Crippen molar-refractivity contribution in [1.82, 2.24) is 0 Å². The summed E-state index contributed by atoms with van der Waals surface area (Å²) in [5, 5.41) is 8.73. The Morgan fingerprint density at radius 2 is 1.82 bits per heavy atom. The second kappa shape index (κ2) is 4.16. The molecule has 0 aromatic heterocycles. The maximum atomic E-state index is 10.6. The minimum atomic E-state index is -0.779. The first-order valence-electron chi connectivity index (χ1n) is 3.84. The molecule has 0 rings (SSSR count). The third-order valence-corrected chi connectivity index (χ3v) is 1.47. The third kappa shape index (κ3) is 3.81. The molecule has 0 amide bonds. The smallest absolute Gasteiger partial charge is 0.331 e. The number of carboxylic acid groups (broad SMARTS) is 1. The lowest BCUT2D eigenvalue weighted by molar-refractivity contribution is -0.133. The second-order valence-corrected chi connectivity index (χ2v) is 3.38. The van der Waals surface area contributed by atoms with E-state index < -0.39 is 5.97 Å². The highest BCUT2D eigenvalue weighted by Crippen LogP contribution is 2.14.